The predicted molar refractivity (Wildman–Crippen MR) is 41.0 cm³/mol. The average molecular weight is 152 g/mol. The van der Waals surface area contributed by atoms with Gasteiger partial charge in [-0.1, -0.05) is 5.21 Å². The standard InChI is InChI=1S/C7H12N4/c1-11-7-3-2-5(8)4-6(7)9-10-11/h5H,2-4,8H2,1H3. The highest BCUT2D eigenvalue weighted by Crippen LogP contribution is 2.16. The van der Waals surface area contributed by atoms with Crippen LogP contribution in [0.1, 0.15) is 17.8 Å². The average Bonchev–Trinajstić information content (AvgIpc) is 2.32. The third kappa shape index (κ3) is 1.03. The summed E-state index contributed by atoms with van der Waals surface area (Å²) in [5.74, 6) is 0. The quantitative estimate of drug-likeness (QED) is 0.552. The van der Waals surface area contributed by atoms with Crippen molar-refractivity contribution >= 4 is 0 Å². The molecule has 1 unspecified atom stereocenters. The van der Waals surface area contributed by atoms with Crippen LogP contribution in [0.3, 0.4) is 0 Å². The van der Waals surface area contributed by atoms with E-state index in [1.165, 1.54) is 5.69 Å². The highest BCUT2D eigenvalue weighted by Gasteiger charge is 2.19. The van der Waals surface area contributed by atoms with Gasteiger partial charge in [0.1, 0.15) is 0 Å². The summed E-state index contributed by atoms with van der Waals surface area (Å²) in [5, 5.41) is 7.98. The summed E-state index contributed by atoms with van der Waals surface area (Å²) in [4.78, 5) is 0. The molecule has 0 aliphatic heterocycles. The van der Waals surface area contributed by atoms with Crippen LogP contribution in [-0.4, -0.2) is 21.0 Å². The van der Waals surface area contributed by atoms with Crippen LogP contribution in [0.2, 0.25) is 0 Å². The molecule has 1 aliphatic carbocycles. The van der Waals surface area contributed by atoms with Crippen molar-refractivity contribution in [1.82, 2.24) is 15.0 Å². The van der Waals surface area contributed by atoms with Gasteiger partial charge < -0.3 is 5.73 Å². The van der Waals surface area contributed by atoms with Gasteiger partial charge in [0.15, 0.2) is 0 Å². The minimum absolute atomic E-state index is 0.291. The first-order chi connectivity index (χ1) is 5.27. The topological polar surface area (TPSA) is 56.7 Å². The molecule has 0 radical (unpaired) electrons. The van der Waals surface area contributed by atoms with Crippen LogP contribution in [0.15, 0.2) is 0 Å². The van der Waals surface area contributed by atoms with Gasteiger partial charge in [-0.05, 0) is 12.8 Å². The highest BCUT2D eigenvalue weighted by molar-refractivity contribution is 5.15. The van der Waals surface area contributed by atoms with Gasteiger partial charge in [-0.2, -0.15) is 0 Å². The molecule has 1 aliphatic rings. The van der Waals surface area contributed by atoms with Gasteiger partial charge in [-0.3, -0.25) is 4.68 Å². The minimum atomic E-state index is 0.291. The molecule has 2 rings (SSSR count). The Morgan fingerprint density at radius 1 is 1.64 bits per heavy atom. The van der Waals surface area contributed by atoms with E-state index in [2.05, 4.69) is 10.3 Å². The van der Waals surface area contributed by atoms with Crippen LogP contribution in [-0.2, 0) is 19.9 Å². The molecule has 2 N–H and O–H groups in total. The van der Waals surface area contributed by atoms with Crippen LogP contribution in [0.4, 0.5) is 0 Å². The molecule has 4 heteroatoms. The van der Waals surface area contributed by atoms with Gasteiger partial charge in [0, 0.05) is 19.5 Å². The zero-order valence-corrected chi connectivity index (χ0v) is 6.62. The van der Waals surface area contributed by atoms with Crippen LogP contribution < -0.4 is 5.73 Å². The van der Waals surface area contributed by atoms with Crippen LogP contribution in [0.5, 0.6) is 0 Å². The highest BCUT2D eigenvalue weighted by atomic mass is 15.4. The lowest BCUT2D eigenvalue weighted by Crippen LogP contribution is -2.28. The fraction of sp³-hybridized carbons (Fsp3) is 0.714. The summed E-state index contributed by atoms with van der Waals surface area (Å²) in [7, 11) is 1.93. The number of aryl methyl sites for hydroxylation is 1. The lowest BCUT2D eigenvalue weighted by atomic mass is 9.97. The molecule has 60 valence electrons. The van der Waals surface area contributed by atoms with E-state index >= 15 is 0 Å². The maximum atomic E-state index is 5.78. The van der Waals surface area contributed by atoms with Crippen molar-refractivity contribution in [2.45, 2.75) is 25.3 Å². The number of nitrogens with zero attached hydrogens (tertiary/aromatic N) is 3. The summed E-state index contributed by atoms with van der Waals surface area (Å²) in [6, 6.07) is 0.291. The molecule has 0 aromatic carbocycles. The molecule has 0 spiro atoms. The molecule has 1 atom stereocenters. The molecule has 1 heterocycles. The second-order valence-corrected chi connectivity index (χ2v) is 3.11. The molecule has 0 bridgehead atoms. The summed E-state index contributed by atoms with van der Waals surface area (Å²) in [5.41, 5.74) is 8.13. The predicted octanol–water partition coefficient (Wildman–Crippen LogP) is -0.369. The third-order valence-electron chi connectivity index (χ3n) is 2.23. The molecule has 1 aromatic rings. The molecule has 0 saturated heterocycles. The number of hydrogen-bond donors (Lipinski definition) is 1. The maximum absolute atomic E-state index is 5.78. The molecule has 0 amide bonds. The Morgan fingerprint density at radius 3 is 3.27 bits per heavy atom. The van der Waals surface area contributed by atoms with Gasteiger partial charge in [0.2, 0.25) is 0 Å². The molecule has 1 aromatic heterocycles. The Hall–Kier alpha value is -0.900. The number of aromatic nitrogens is 3. The molecule has 11 heavy (non-hydrogen) atoms. The molecular weight excluding hydrogens is 140 g/mol. The van der Waals surface area contributed by atoms with E-state index in [-0.39, 0.29) is 0 Å². The Bertz CT molecular complexity index is 265. The van der Waals surface area contributed by atoms with Crippen molar-refractivity contribution in [1.29, 1.82) is 0 Å². The van der Waals surface area contributed by atoms with Crippen molar-refractivity contribution in [2.75, 3.05) is 0 Å². The van der Waals surface area contributed by atoms with Crippen molar-refractivity contribution < 1.29 is 0 Å². The van der Waals surface area contributed by atoms with Crippen molar-refractivity contribution in [3.63, 3.8) is 0 Å². The second kappa shape index (κ2) is 2.30. The number of rotatable bonds is 0. The Morgan fingerprint density at radius 2 is 2.45 bits per heavy atom. The van der Waals surface area contributed by atoms with Gasteiger partial charge in [-0.25, -0.2) is 0 Å². The van der Waals surface area contributed by atoms with E-state index in [4.69, 9.17) is 5.73 Å². The van der Waals surface area contributed by atoms with Gasteiger partial charge >= 0.3 is 0 Å². The van der Waals surface area contributed by atoms with Gasteiger partial charge in [-0.15, -0.1) is 5.10 Å². The van der Waals surface area contributed by atoms with Gasteiger partial charge in [0.05, 0.1) is 11.4 Å². The summed E-state index contributed by atoms with van der Waals surface area (Å²) >= 11 is 0. The lowest BCUT2D eigenvalue weighted by molar-refractivity contribution is 0.551. The molecule has 0 fully saturated rings. The van der Waals surface area contributed by atoms with Crippen molar-refractivity contribution in [3.05, 3.63) is 11.4 Å². The Labute approximate surface area is 65.4 Å². The molecule has 4 nitrogen and oxygen atoms in total. The van der Waals surface area contributed by atoms with E-state index in [1.807, 2.05) is 11.7 Å². The Balaban J connectivity index is 2.36. The van der Waals surface area contributed by atoms with E-state index < -0.39 is 0 Å². The lowest BCUT2D eigenvalue weighted by Gasteiger charge is -2.16. The number of fused-ring (bicyclic) bond motifs is 1. The molecular formula is C7H12N4. The van der Waals surface area contributed by atoms with E-state index in [0.29, 0.717) is 6.04 Å². The van der Waals surface area contributed by atoms with Crippen LogP contribution in [0.25, 0.3) is 0 Å². The minimum Gasteiger partial charge on any atom is -0.327 e. The largest absolute Gasteiger partial charge is 0.327 e. The zero-order valence-electron chi connectivity index (χ0n) is 6.62. The summed E-state index contributed by atoms with van der Waals surface area (Å²) in [6.07, 6.45) is 2.98. The maximum Gasteiger partial charge on any atom is 0.0874 e. The van der Waals surface area contributed by atoms with Crippen LogP contribution in [0, 0.1) is 0 Å². The Kier molecular flexibility index (Phi) is 1.42. The first-order valence-corrected chi connectivity index (χ1v) is 3.90. The normalized spacial score (nSPS) is 23.3. The summed E-state index contributed by atoms with van der Waals surface area (Å²) in [6.45, 7) is 0. The third-order valence-corrected chi connectivity index (χ3v) is 2.23. The smallest absolute Gasteiger partial charge is 0.0874 e. The number of nitrogens with two attached hydrogens (primary N) is 1. The van der Waals surface area contributed by atoms with Crippen LogP contribution >= 0.6 is 0 Å². The van der Waals surface area contributed by atoms with E-state index in [9.17, 15) is 0 Å². The first kappa shape index (κ1) is 6.79. The van der Waals surface area contributed by atoms with E-state index in [0.717, 1.165) is 25.0 Å². The molecule has 0 saturated carbocycles. The van der Waals surface area contributed by atoms with Gasteiger partial charge in [0.25, 0.3) is 0 Å². The van der Waals surface area contributed by atoms with Crippen molar-refractivity contribution in [3.8, 4) is 0 Å². The SMILES string of the molecule is Cn1nnc2c1CCC(N)C2. The fourth-order valence-electron chi connectivity index (χ4n) is 1.56. The summed E-state index contributed by atoms with van der Waals surface area (Å²) < 4.78 is 1.85. The van der Waals surface area contributed by atoms with Crippen molar-refractivity contribution in [2.24, 2.45) is 12.8 Å². The first-order valence-electron chi connectivity index (χ1n) is 3.90. The van der Waals surface area contributed by atoms with E-state index in [1.54, 1.807) is 0 Å². The fourth-order valence-corrected chi connectivity index (χ4v) is 1.56. The second-order valence-electron chi connectivity index (χ2n) is 3.11. The zero-order chi connectivity index (χ0) is 7.84. The number of hydrogen-bond acceptors (Lipinski definition) is 3. The monoisotopic (exact) mass is 152 g/mol.